The van der Waals surface area contributed by atoms with Crippen LogP contribution in [0.1, 0.15) is 41.5 Å². The van der Waals surface area contributed by atoms with Crippen LogP contribution in [-0.4, -0.2) is 40.1 Å². The fourth-order valence-corrected chi connectivity index (χ4v) is 2.23. The molecule has 0 atom stereocenters. The van der Waals surface area contributed by atoms with Crippen LogP contribution in [-0.2, 0) is 9.47 Å². The molecular weight excluding hydrogens is 338 g/mol. The Morgan fingerprint density at radius 2 is 1.54 bits per heavy atom. The number of hydrogen-bond donors (Lipinski definition) is 0. The van der Waals surface area contributed by atoms with Crippen LogP contribution in [0.5, 0.6) is 5.75 Å². The zero-order valence-corrected chi connectivity index (χ0v) is 16.2. The van der Waals surface area contributed by atoms with Crippen molar-refractivity contribution in [3.63, 3.8) is 0 Å². The number of imide groups is 1. The van der Waals surface area contributed by atoms with E-state index in [0.717, 1.165) is 4.90 Å². The zero-order chi connectivity index (χ0) is 19.7. The van der Waals surface area contributed by atoms with Crippen molar-refractivity contribution in [2.24, 2.45) is 0 Å². The van der Waals surface area contributed by atoms with Crippen molar-refractivity contribution < 1.29 is 23.8 Å². The fourth-order valence-electron chi connectivity index (χ4n) is 2.23. The number of hydrogen-bond acceptors (Lipinski definition) is 6. The van der Waals surface area contributed by atoms with Crippen LogP contribution < -0.4 is 9.64 Å². The van der Waals surface area contributed by atoms with Crippen molar-refractivity contribution in [2.75, 3.05) is 12.0 Å². The van der Waals surface area contributed by atoms with Gasteiger partial charge in [-0.05, 0) is 53.7 Å². The van der Waals surface area contributed by atoms with Gasteiger partial charge in [0, 0.05) is 6.20 Å². The number of amides is 2. The number of carbonyl (C=O) groups is 2. The van der Waals surface area contributed by atoms with Crippen molar-refractivity contribution in [3.05, 3.63) is 24.5 Å². The second kappa shape index (κ2) is 6.86. The SMILES string of the molecule is COc1c(N(C(=O)OC(C)(C)C)C(=O)OC(C)(C)C)ccn2nccc12. The van der Waals surface area contributed by atoms with Crippen molar-refractivity contribution in [2.45, 2.75) is 52.7 Å². The minimum absolute atomic E-state index is 0.212. The van der Waals surface area contributed by atoms with Crippen LogP contribution >= 0.6 is 0 Å². The van der Waals surface area contributed by atoms with Gasteiger partial charge in [-0.2, -0.15) is 10.00 Å². The molecule has 0 unspecified atom stereocenters. The highest BCUT2D eigenvalue weighted by atomic mass is 16.6. The third-order valence-electron chi connectivity index (χ3n) is 3.11. The molecule has 0 aliphatic rings. The summed E-state index contributed by atoms with van der Waals surface area (Å²) in [6.45, 7) is 10.3. The van der Waals surface area contributed by atoms with E-state index in [1.54, 1.807) is 70.6 Å². The molecule has 2 aromatic rings. The number of anilines is 1. The lowest BCUT2D eigenvalue weighted by Crippen LogP contribution is -2.44. The molecule has 0 spiro atoms. The smallest absolute Gasteiger partial charge is 0.424 e. The highest BCUT2D eigenvalue weighted by Crippen LogP contribution is 2.34. The highest BCUT2D eigenvalue weighted by Gasteiger charge is 2.35. The Hall–Kier alpha value is -2.77. The second-order valence-electron chi connectivity index (χ2n) is 7.69. The van der Waals surface area contributed by atoms with Gasteiger partial charge in [0.15, 0.2) is 5.75 Å². The largest absolute Gasteiger partial charge is 0.492 e. The van der Waals surface area contributed by atoms with Crippen molar-refractivity contribution in [1.82, 2.24) is 9.61 Å². The van der Waals surface area contributed by atoms with E-state index in [4.69, 9.17) is 14.2 Å². The van der Waals surface area contributed by atoms with E-state index < -0.39 is 23.4 Å². The summed E-state index contributed by atoms with van der Waals surface area (Å²) in [5, 5.41) is 4.12. The summed E-state index contributed by atoms with van der Waals surface area (Å²) in [6, 6.07) is 3.26. The molecule has 8 heteroatoms. The number of rotatable bonds is 2. The fraction of sp³-hybridized carbons (Fsp3) is 0.500. The number of fused-ring (bicyclic) bond motifs is 1. The predicted octanol–water partition coefficient (Wildman–Crippen LogP) is 4.02. The molecule has 0 N–H and O–H groups in total. The van der Waals surface area contributed by atoms with E-state index >= 15 is 0 Å². The first kappa shape index (κ1) is 19.6. The van der Waals surface area contributed by atoms with Gasteiger partial charge in [-0.25, -0.2) is 14.1 Å². The Morgan fingerprint density at radius 3 is 2.00 bits per heavy atom. The first-order chi connectivity index (χ1) is 11.9. The Kier molecular flexibility index (Phi) is 5.16. The van der Waals surface area contributed by atoms with E-state index in [1.165, 1.54) is 7.11 Å². The Bertz CT molecular complexity index is 786. The van der Waals surface area contributed by atoms with Crippen molar-refractivity contribution in [1.29, 1.82) is 0 Å². The van der Waals surface area contributed by atoms with Crippen LogP contribution in [0, 0.1) is 0 Å². The molecule has 26 heavy (non-hydrogen) atoms. The topological polar surface area (TPSA) is 82.4 Å². The number of pyridine rings is 1. The van der Waals surface area contributed by atoms with Gasteiger partial charge in [-0.15, -0.1) is 0 Å². The zero-order valence-electron chi connectivity index (χ0n) is 16.2. The van der Waals surface area contributed by atoms with Crippen LogP contribution in [0.25, 0.3) is 5.52 Å². The van der Waals surface area contributed by atoms with Gasteiger partial charge in [0.2, 0.25) is 0 Å². The molecule has 0 saturated carbocycles. The maximum Gasteiger partial charge on any atom is 0.424 e. The normalized spacial score (nSPS) is 12.0. The van der Waals surface area contributed by atoms with E-state index in [2.05, 4.69) is 5.10 Å². The third kappa shape index (κ3) is 4.44. The third-order valence-corrected chi connectivity index (χ3v) is 3.11. The lowest BCUT2D eigenvalue weighted by molar-refractivity contribution is 0.0429. The molecule has 0 saturated heterocycles. The number of aromatic nitrogens is 2. The van der Waals surface area contributed by atoms with Crippen LogP contribution in [0.15, 0.2) is 24.5 Å². The minimum atomic E-state index is -0.853. The second-order valence-corrected chi connectivity index (χ2v) is 7.69. The lowest BCUT2D eigenvalue weighted by Gasteiger charge is -2.29. The van der Waals surface area contributed by atoms with Crippen molar-refractivity contribution >= 4 is 23.4 Å². The van der Waals surface area contributed by atoms with Gasteiger partial charge in [-0.3, -0.25) is 0 Å². The first-order valence-corrected chi connectivity index (χ1v) is 8.19. The minimum Gasteiger partial charge on any atom is -0.492 e. The summed E-state index contributed by atoms with van der Waals surface area (Å²) in [7, 11) is 1.45. The van der Waals surface area contributed by atoms with E-state index in [1.807, 2.05) is 0 Å². The quantitative estimate of drug-likeness (QED) is 0.801. The molecule has 142 valence electrons. The molecule has 2 heterocycles. The highest BCUT2D eigenvalue weighted by molar-refractivity contribution is 6.11. The lowest BCUT2D eigenvalue weighted by atomic mass is 10.2. The molecule has 0 aliphatic carbocycles. The predicted molar refractivity (Wildman–Crippen MR) is 96.7 cm³/mol. The number of carbonyl (C=O) groups excluding carboxylic acids is 2. The Balaban J connectivity index is 2.56. The molecule has 0 aliphatic heterocycles. The molecular formula is C18H25N3O5. The molecule has 2 aromatic heterocycles. The summed E-state index contributed by atoms with van der Waals surface area (Å²) in [5.41, 5.74) is -0.762. The Morgan fingerprint density at radius 1 is 1.00 bits per heavy atom. The summed E-state index contributed by atoms with van der Waals surface area (Å²) in [6.07, 6.45) is 1.50. The standard InChI is InChI=1S/C18H25N3O5/c1-17(2,3)25-15(22)21(16(23)26-18(4,5)6)13-9-11-20-12(8-10-19-20)14(13)24-7/h8-11H,1-7H3. The maximum atomic E-state index is 12.8. The van der Waals surface area contributed by atoms with Crippen molar-refractivity contribution in [3.8, 4) is 5.75 Å². The molecule has 2 amide bonds. The molecule has 0 radical (unpaired) electrons. The summed E-state index contributed by atoms with van der Waals surface area (Å²) in [5.74, 6) is 0.307. The van der Waals surface area contributed by atoms with E-state index in [-0.39, 0.29) is 5.69 Å². The van der Waals surface area contributed by atoms with Gasteiger partial charge in [-0.1, -0.05) is 0 Å². The van der Waals surface area contributed by atoms with Gasteiger partial charge >= 0.3 is 12.2 Å². The van der Waals surface area contributed by atoms with Gasteiger partial charge < -0.3 is 14.2 Å². The van der Waals surface area contributed by atoms with Crippen LogP contribution in [0.3, 0.4) is 0 Å². The summed E-state index contributed by atoms with van der Waals surface area (Å²) in [4.78, 5) is 26.3. The molecule has 0 aromatic carbocycles. The van der Waals surface area contributed by atoms with Gasteiger partial charge in [0.05, 0.1) is 13.3 Å². The number of methoxy groups -OCH3 is 1. The van der Waals surface area contributed by atoms with E-state index in [9.17, 15) is 9.59 Å². The number of ether oxygens (including phenoxy) is 3. The van der Waals surface area contributed by atoms with E-state index in [0.29, 0.717) is 11.3 Å². The van der Waals surface area contributed by atoms with Crippen LogP contribution in [0.4, 0.5) is 15.3 Å². The Labute approximate surface area is 152 Å². The monoisotopic (exact) mass is 363 g/mol. The summed E-state index contributed by atoms with van der Waals surface area (Å²) >= 11 is 0. The average Bonchev–Trinajstić information content (AvgIpc) is 2.91. The molecule has 8 nitrogen and oxygen atoms in total. The summed E-state index contributed by atoms with van der Waals surface area (Å²) < 4.78 is 17.8. The first-order valence-electron chi connectivity index (χ1n) is 8.19. The van der Waals surface area contributed by atoms with Gasteiger partial charge in [0.25, 0.3) is 0 Å². The molecule has 2 rings (SSSR count). The van der Waals surface area contributed by atoms with Crippen LogP contribution in [0.2, 0.25) is 0 Å². The maximum absolute atomic E-state index is 12.8. The average molecular weight is 363 g/mol. The van der Waals surface area contributed by atoms with Gasteiger partial charge in [0.1, 0.15) is 22.4 Å². The molecule has 0 fully saturated rings. The molecule has 0 bridgehead atoms. The number of nitrogens with zero attached hydrogens (tertiary/aromatic N) is 3.